The summed E-state index contributed by atoms with van der Waals surface area (Å²) >= 11 is 11.8. The fourth-order valence-corrected chi connectivity index (χ4v) is 1.92. The van der Waals surface area contributed by atoms with Gasteiger partial charge in [0.1, 0.15) is 23.7 Å². The third-order valence-electron chi connectivity index (χ3n) is 2.43. The Kier molecular flexibility index (Phi) is 4.06. The first kappa shape index (κ1) is 13.1. The summed E-state index contributed by atoms with van der Waals surface area (Å²) in [5.41, 5.74) is 1.19. The summed E-state index contributed by atoms with van der Waals surface area (Å²) in [5.74, 6) is 0.520. The van der Waals surface area contributed by atoms with Gasteiger partial charge in [-0.05, 0) is 18.2 Å². The predicted octanol–water partition coefficient (Wildman–Crippen LogP) is 2.19. The summed E-state index contributed by atoms with van der Waals surface area (Å²) in [6, 6.07) is 4.98. The maximum absolute atomic E-state index is 9.11. The summed E-state index contributed by atoms with van der Waals surface area (Å²) in [6.07, 6.45) is 0. The summed E-state index contributed by atoms with van der Waals surface area (Å²) in [7, 11) is 1.73. The van der Waals surface area contributed by atoms with Crippen LogP contribution in [0.1, 0.15) is 11.4 Å². The van der Waals surface area contributed by atoms with Crippen LogP contribution in [0.25, 0.3) is 0 Å². The van der Waals surface area contributed by atoms with Gasteiger partial charge in [-0.15, -0.1) is 5.10 Å². The Morgan fingerprint density at radius 2 is 2.17 bits per heavy atom. The minimum Gasteiger partial charge on any atom is -0.486 e. The van der Waals surface area contributed by atoms with Crippen LogP contribution in [-0.4, -0.2) is 20.1 Å². The monoisotopic (exact) mass is 287 g/mol. The number of aromatic nitrogens is 3. The van der Waals surface area contributed by atoms with Gasteiger partial charge in [0, 0.05) is 12.1 Å². The summed E-state index contributed by atoms with van der Waals surface area (Å²) in [4.78, 5) is 0. The minimum absolute atomic E-state index is 0.180. The van der Waals surface area contributed by atoms with Crippen LogP contribution < -0.4 is 4.74 Å². The van der Waals surface area contributed by atoms with Crippen molar-refractivity contribution in [1.82, 2.24) is 15.0 Å². The fraction of sp³-hybridized carbons (Fsp3) is 0.273. The van der Waals surface area contributed by atoms with Crippen LogP contribution in [-0.2, 0) is 20.3 Å². The molecule has 0 aliphatic heterocycles. The largest absolute Gasteiger partial charge is 0.486 e. The normalized spacial score (nSPS) is 10.7. The van der Waals surface area contributed by atoms with Gasteiger partial charge in [-0.25, -0.2) is 4.68 Å². The first-order valence-corrected chi connectivity index (χ1v) is 5.93. The van der Waals surface area contributed by atoms with E-state index < -0.39 is 0 Å². The number of hydrogen-bond donors (Lipinski definition) is 1. The Morgan fingerprint density at radius 3 is 2.83 bits per heavy atom. The first-order chi connectivity index (χ1) is 8.61. The predicted molar refractivity (Wildman–Crippen MR) is 67.7 cm³/mol. The Morgan fingerprint density at radius 1 is 1.39 bits per heavy atom. The molecule has 0 saturated carbocycles. The number of hydrogen-bond acceptors (Lipinski definition) is 4. The molecule has 7 heteroatoms. The Labute approximate surface area is 114 Å². The summed E-state index contributed by atoms with van der Waals surface area (Å²) in [6.45, 7) is 0.0433. The Hall–Kier alpha value is -1.30. The van der Waals surface area contributed by atoms with Gasteiger partial charge in [-0.2, -0.15) is 0 Å². The van der Waals surface area contributed by atoms with Crippen molar-refractivity contribution < 1.29 is 9.84 Å². The van der Waals surface area contributed by atoms with Crippen molar-refractivity contribution in [2.24, 2.45) is 7.05 Å². The summed E-state index contributed by atoms with van der Waals surface area (Å²) in [5, 5.41) is 17.7. The van der Waals surface area contributed by atoms with Crippen LogP contribution in [0.15, 0.2) is 18.2 Å². The van der Waals surface area contributed by atoms with Crippen molar-refractivity contribution in [1.29, 1.82) is 0 Å². The van der Waals surface area contributed by atoms with Crippen LogP contribution in [0.4, 0.5) is 0 Å². The lowest BCUT2D eigenvalue weighted by atomic mass is 10.3. The molecule has 0 aliphatic rings. The maximum Gasteiger partial charge on any atom is 0.138 e. The van der Waals surface area contributed by atoms with E-state index in [1.54, 1.807) is 29.9 Å². The zero-order valence-electron chi connectivity index (χ0n) is 9.60. The van der Waals surface area contributed by atoms with Gasteiger partial charge in [-0.3, -0.25) is 0 Å². The van der Waals surface area contributed by atoms with E-state index in [2.05, 4.69) is 10.3 Å². The van der Waals surface area contributed by atoms with Gasteiger partial charge >= 0.3 is 0 Å². The van der Waals surface area contributed by atoms with Gasteiger partial charge in [0.15, 0.2) is 0 Å². The molecular formula is C11H11Cl2N3O2. The lowest BCUT2D eigenvalue weighted by Crippen LogP contribution is -2.05. The van der Waals surface area contributed by atoms with E-state index in [9.17, 15) is 0 Å². The molecule has 0 bridgehead atoms. The molecule has 0 radical (unpaired) electrons. The van der Waals surface area contributed by atoms with Gasteiger partial charge in [0.25, 0.3) is 0 Å². The molecule has 5 nitrogen and oxygen atoms in total. The third kappa shape index (κ3) is 2.75. The molecule has 0 unspecified atom stereocenters. The third-order valence-corrected chi connectivity index (χ3v) is 2.96. The molecule has 0 aliphatic carbocycles. The number of ether oxygens (including phenoxy) is 1. The molecule has 1 heterocycles. The van der Waals surface area contributed by atoms with Crippen molar-refractivity contribution in [2.45, 2.75) is 13.2 Å². The van der Waals surface area contributed by atoms with E-state index in [0.29, 0.717) is 27.2 Å². The average Bonchev–Trinajstić information content (AvgIpc) is 2.69. The van der Waals surface area contributed by atoms with Gasteiger partial charge in [0.2, 0.25) is 0 Å². The number of halogens is 2. The molecule has 0 amide bonds. The highest BCUT2D eigenvalue weighted by Gasteiger charge is 2.11. The van der Waals surface area contributed by atoms with E-state index in [-0.39, 0.29) is 13.2 Å². The van der Waals surface area contributed by atoms with Gasteiger partial charge in [-0.1, -0.05) is 28.4 Å². The molecule has 18 heavy (non-hydrogen) atoms. The van der Waals surface area contributed by atoms with Gasteiger partial charge < -0.3 is 9.84 Å². The average molecular weight is 288 g/mol. The quantitative estimate of drug-likeness (QED) is 0.937. The van der Waals surface area contributed by atoms with Crippen molar-refractivity contribution >= 4 is 23.2 Å². The molecule has 1 N–H and O–H groups in total. The lowest BCUT2D eigenvalue weighted by molar-refractivity contribution is 0.262. The van der Waals surface area contributed by atoms with Crippen LogP contribution >= 0.6 is 23.2 Å². The molecule has 0 spiro atoms. The Bertz CT molecular complexity index is 557. The van der Waals surface area contributed by atoms with Crippen molar-refractivity contribution in [3.8, 4) is 5.75 Å². The second-order valence-corrected chi connectivity index (χ2v) is 4.47. The fourth-order valence-electron chi connectivity index (χ4n) is 1.46. The second kappa shape index (κ2) is 5.56. The van der Waals surface area contributed by atoms with E-state index >= 15 is 0 Å². The number of rotatable bonds is 4. The van der Waals surface area contributed by atoms with Crippen LogP contribution in [0.5, 0.6) is 5.75 Å². The number of benzene rings is 1. The standard InChI is InChI=1S/C11H11Cl2N3O2/c1-16-10(9(5-17)14-15-16)6-18-11-3-2-7(12)4-8(11)13/h2-4,17H,5-6H2,1H3. The van der Waals surface area contributed by atoms with E-state index in [0.717, 1.165) is 0 Å². The molecule has 1 aromatic heterocycles. The molecule has 1 aromatic carbocycles. The van der Waals surface area contributed by atoms with Gasteiger partial charge in [0.05, 0.1) is 11.6 Å². The number of aliphatic hydroxyl groups is 1. The molecule has 2 aromatic rings. The number of nitrogens with zero attached hydrogens (tertiary/aromatic N) is 3. The van der Waals surface area contributed by atoms with Crippen molar-refractivity contribution in [3.05, 3.63) is 39.6 Å². The molecule has 2 rings (SSSR count). The van der Waals surface area contributed by atoms with E-state index in [4.69, 9.17) is 33.0 Å². The zero-order valence-corrected chi connectivity index (χ0v) is 11.1. The highest BCUT2D eigenvalue weighted by Crippen LogP contribution is 2.28. The van der Waals surface area contributed by atoms with Crippen molar-refractivity contribution in [3.63, 3.8) is 0 Å². The molecule has 0 atom stereocenters. The van der Waals surface area contributed by atoms with E-state index in [1.807, 2.05) is 0 Å². The zero-order chi connectivity index (χ0) is 13.1. The van der Waals surface area contributed by atoms with Crippen molar-refractivity contribution in [2.75, 3.05) is 0 Å². The Balaban J connectivity index is 2.13. The molecule has 0 saturated heterocycles. The highest BCUT2D eigenvalue weighted by molar-refractivity contribution is 6.35. The summed E-state index contributed by atoms with van der Waals surface area (Å²) < 4.78 is 7.11. The highest BCUT2D eigenvalue weighted by atomic mass is 35.5. The topological polar surface area (TPSA) is 60.2 Å². The van der Waals surface area contributed by atoms with Crippen LogP contribution in [0, 0.1) is 0 Å². The first-order valence-electron chi connectivity index (χ1n) is 5.18. The molecule has 0 fully saturated rings. The number of aryl methyl sites for hydroxylation is 1. The second-order valence-electron chi connectivity index (χ2n) is 3.63. The molecular weight excluding hydrogens is 277 g/mol. The minimum atomic E-state index is -0.180. The SMILES string of the molecule is Cn1nnc(CO)c1COc1ccc(Cl)cc1Cl. The van der Waals surface area contributed by atoms with Crippen LogP contribution in [0.3, 0.4) is 0 Å². The smallest absolute Gasteiger partial charge is 0.138 e. The maximum atomic E-state index is 9.11. The number of aliphatic hydroxyl groups excluding tert-OH is 1. The van der Waals surface area contributed by atoms with E-state index in [1.165, 1.54) is 0 Å². The lowest BCUT2D eigenvalue weighted by Gasteiger charge is -2.08. The van der Waals surface area contributed by atoms with Crippen LogP contribution in [0.2, 0.25) is 10.0 Å². The molecule has 96 valence electrons.